The molecule has 3 aromatic rings. The van der Waals surface area contributed by atoms with Crippen molar-refractivity contribution in [1.82, 2.24) is 0 Å². The second-order valence-corrected chi connectivity index (χ2v) is 9.07. The molecule has 1 atom stereocenters. The fourth-order valence-electron chi connectivity index (χ4n) is 3.11. The van der Waals surface area contributed by atoms with Crippen LogP contribution in [0.25, 0.3) is 0 Å². The van der Waals surface area contributed by atoms with Crippen molar-refractivity contribution in [2.45, 2.75) is 23.5 Å². The molecule has 0 unspecified atom stereocenters. The van der Waals surface area contributed by atoms with Gasteiger partial charge in [-0.25, -0.2) is 8.42 Å². The van der Waals surface area contributed by atoms with Gasteiger partial charge < -0.3 is 4.74 Å². The van der Waals surface area contributed by atoms with Gasteiger partial charge in [-0.05, 0) is 31.2 Å². The number of rotatable bonds is 8. The maximum absolute atomic E-state index is 13.4. The molecule has 30 heavy (non-hydrogen) atoms. The van der Waals surface area contributed by atoms with Gasteiger partial charge in [0.1, 0.15) is 11.0 Å². The zero-order chi connectivity index (χ0) is 21.7. The molecule has 0 aromatic heterocycles. The lowest BCUT2D eigenvalue weighted by Gasteiger charge is -2.17. The molecule has 0 amide bonds. The third kappa shape index (κ3) is 4.66. The summed E-state index contributed by atoms with van der Waals surface area (Å²) in [7, 11) is -2.64. The number of hydrogen-bond donors (Lipinski definition) is 0. The number of aryl methyl sites for hydroxylation is 1. The van der Waals surface area contributed by atoms with Crippen molar-refractivity contribution >= 4 is 21.4 Å². The minimum Gasteiger partial charge on any atom is -0.497 e. The molecule has 0 spiro atoms. The summed E-state index contributed by atoms with van der Waals surface area (Å²) in [6, 6.07) is 20.9. The van der Waals surface area contributed by atoms with Crippen LogP contribution in [0.1, 0.15) is 32.7 Å². The number of Topliss-reactive ketones (excluding diaryl/α,β-unsaturated/α-hetero) is 2. The third-order valence-electron chi connectivity index (χ3n) is 4.84. The van der Waals surface area contributed by atoms with Gasteiger partial charge >= 0.3 is 0 Å². The predicted octanol–water partition coefficient (Wildman–Crippen LogP) is 4.30. The van der Waals surface area contributed by atoms with E-state index in [4.69, 9.17) is 4.74 Å². The monoisotopic (exact) mass is 422 g/mol. The summed E-state index contributed by atoms with van der Waals surface area (Å²) >= 11 is 0. The second kappa shape index (κ2) is 9.05. The molecule has 5 nitrogen and oxygen atoms in total. The summed E-state index contributed by atoms with van der Waals surface area (Å²) in [5, 5.41) is -1.54. The van der Waals surface area contributed by atoms with Gasteiger partial charge in [-0.15, -0.1) is 0 Å². The average molecular weight is 423 g/mol. The second-order valence-electron chi connectivity index (χ2n) is 6.94. The minimum atomic E-state index is -4.10. The van der Waals surface area contributed by atoms with Gasteiger partial charge in [0.2, 0.25) is 0 Å². The standard InChI is InChI=1S/C24H22O5S/c1-17-11-13-21(14-12-17)30(27,28)23(16-22(25)18-7-4-3-5-8-18)24(26)19-9-6-10-20(15-19)29-2/h3-15,23H,16H2,1-2H3/t23-/m1/s1. The van der Waals surface area contributed by atoms with E-state index in [1.54, 1.807) is 54.6 Å². The maximum atomic E-state index is 13.4. The smallest absolute Gasteiger partial charge is 0.189 e. The number of ether oxygens (including phenoxy) is 1. The van der Waals surface area contributed by atoms with Crippen LogP contribution in [-0.4, -0.2) is 32.3 Å². The van der Waals surface area contributed by atoms with E-state index < -0.39 is 33.1 Å². The highest BCUT2D eigenvalue weighted by atomic mass is 32.2. The first-order valence-corrected chi connectivity index (χ1v) is 10.9. The zero-order valence-electron chi connectivity index (χ0n) is 16.7. The number of hydrogen-bond acceptors (Lipinski definition) is 5. The molecule has 0 fully saturated rings. The topological polar surface area (TPSA) is 77.5 Å². The molecule has 0 saturated carbocycles. The van der Waals surface area contributed by atoms with Crippen molar-refractivity contribution in [1.29, 1.82) is 0 Å². The van der Waals surface area contributed by atoms with Crippen LogP contribution < -0.4 is 4.74 Å². The Morgan fingerprint density at radius 2 is 1.50 bits per heavy atom. The first-order chi connectivity index (χ1) is 14.3. The van der Waals surface area contributed by atoms with E-state index in [0.717, 1.165) is 5.56 Å². The van der Waals surface area contributed by atoms with Gasteiger partial charge in [0.05, 0.1) is 12.0 Å². The van der Waals surface area contributed by atoms with E-state index in [-0.39, 0.29) is 10.5 Å². The fourth-order valence-corrected chi connectivity index (χ4v) is 4.74. The molecule has 0 aliphatic carbocycles. The van der Waals surface area contributed by atoms with Crippen molar-refractivity contribution in [3.63, 3.8) is 0 Å². The van der Waals surface area contributed by atoms with E-state index in [2.05, 4.69) is 0 Å². The minimum absolute atomic E-state index is 0.00945. The summed E-state index contributed by atoms with van der Waals surface area (Å²) in [4.78, 5) is 26.1. The Hall–Kier alpha value is -3.25. The van der Waals surface area contributed by atoms with Crippen LogP contribution in [0.3, 0.4) is 0 Å². The lowest BCUT2D eigenvalue weighted by atomic mass is 10.0. The molecule has 0 N–H and O–H groups in total. The van der Waals surface area contributed by atoms with E-state index in [0.29, 0.717) is 11.3 Å². The molecule has 0 bridgehead atoms. The molecule has 3 aromatic carbocycles. The van der Waals surface area contributed by atoms with Crippen LogP contribution in [-0.2, 0) is 9.84 Å². The first kappa shape index (κ1) is 21.5. The van der Waals surface area contributed by atoms with E-state index in [1.807, 2.05) is 6.92 Å². The summed E-state index contributed by atoms with van der Waals surface area (Å²) in [6.07, 6.45) is -0.448. The Morgan fingerprint density at radius 3 is 2.13 bits per heavy atom. The summed E-state index contributed by atoms with van der Waals surface area (Å²) in [6.45, 7) is 1.84. The van der Waals surface area contributed by atoms with Gasteiger partial charge in [-0.3, -0.25) is 9.59 Å². The highest BCUT2D eigenvalue weighted by molar-refractivity contribution is 7.92. The zero-order valence-corrected chi connectivity index (χ0v) is 17.6. The van der Waals surface area contributed by atoms with E-state index >= 15 is 0 Å². The first-order valence-electron chi connectivity index (χ1n) is 9.40. The molecular weight excluding hydrogens is 400 g/mol. The van der Waals surface area contributed by atoms with Crippen LogP contribution >= 0.6 is 0 Å². The van der Waals surface area contributed by atoms with Gasteiger partial charge in [0.15, 0.2) is 21.4 Å². The molecular formula is C24H22O5S. The molecule has 6 heteroatoms. The van der Waals surface area contributed by atoms with Gasteiger partial charge in [0, 0.05) is 17.5 Å². The van der Waals surface area contributed by atoms with Crippen LogP contribution in [0.4, 0.5) is 0 Å². The van der Waals surface area contributed by atoms with Crippen LogP contribution in [0, 0.1) is 6.92 Å². The van der Waals surface area contributed by atoms with Crippen LogP contribution in [0.15, 0.2) is 83.8 Å². The maximum Gasteiger partial charge on any atom is 0.189 e. The van der Waals surface area contributed by atoms with Crippen LogP contribution in [0.2, 0.25) is 0 Å². The summed E-state index contributed by atoms with van der Waals surface area (Å²) in [5.74, 6) is -0.618. The van der Waals surface area contributed by atoms with Crippen molar-refractivity contribution in [3.05, 3.63) is 95.6 Å². The largest absolute Gasteiger partial charge is 0.497 e. The molecule has 0 radical (unpaired) electrons. The van der Waals surface area contributed by atoms with Crippen molar-refractivity contribution in [2.75, 3.05) is 7.11 Å². The Bertz CT molecular complexity index is 1150. The average Bonchev–Trinajstić information content (AvgIpc) is 2.77. The molecule has 0 heterocycles. The Morgan fingerprint density at radius 1 is 0.867 bits per heavy atom. The van der Waals surface area contributed by atoms with E-state index in [9.17, 15) is 18.0 Å². The Balaban J connectivity index is 2.04. The highest BCUT2D eigenvalue weighted by Crippen LogP contribution is 2.25. The number of carbonyl (C=O) groups excluding carboxylic acids is 2. The molecule has 154 valence electrons. The summed E-state index contributed by atoms with van der Waals surface area (Å²) in [5.41, 5.74) is 1.43. The van der Waals surface area contributed by atoms with Crippen molar-refractivity contribution < 1.29 is 22.7 Å². The Labute approximate surface area is 176 Å². The summed E-state index contributed by atoms with van der Waals surface area (Å²) < 4.78 is 31.9. The Kier molecular flexibility index (Phi) is 6.47. The van der Waals surface area contributed by atoms with E-state index in [1.165, 1.54) is 31.4 Å². The van der Waals surface area contributed by atoms with Crippen LogP contribution in [0.5, 0.6) is 5.75 Å². The number of carbonyl (C=O) groups is 2. The molecule has 3 rings (SSSR count). The third-order valence-corrected chi connectivity index (χ3v) is 6.90. The normalized spacial score (nSPS) is 12.2. The van der Waals surface area contributed by atoms with Gasteiger partial charge in [-0.1, -0.05) is 60.2 Å². The molecule has 0 saturated heterocycles. The van der Waals surface area contributed by atoms with Gasteiger partial charge in [-0.2, -0.15) is 0 Å². The quantitative estimate of drug-likeness (QED) is 0.506. The number of sulfone groups is 1. The fraction of sp³-hybridized carbons (Fsp3) is 0.167. The van der Waals surface area contributed by atoms with Crippen molar-refractivity contribution in [2.24, 2.45) is 0 Å². The highest BCUT2D eigenvalue weighted by Gasteiger charge is 2.36. The molecule has 0 aliphatic heterocycles. The molecule has 0 aliphatic rings. The lowest BCUT2D eigenvalue weighted by molar-refractivity contribution is 0.0920. The number of benzene rings is 3. The lowest BCUT2D eigenvalue weighted by Crippen LogP contribution is -2.33. The number of methoxy groups -OCH3 is 1. The number of ketones is 2. The predicted molar refractivity (Wildman–Crippen MR) is 115 cm³/mol. The SMILES string of the molecule is COc1cccc(C(=O)[C@@H](CC(=O)c2ccccc2)S(=O)(=O)c2ccc(C)cc2)c1. The van der Waals surface area contributed by atoms with Crippen molar-refractivity contribution in [3.8, 4) is 5.75 Å². The van der Waals surface area contributed by atoms with Gasteiger partial charge in [0.25, 0.3) is 0 Å².